The van der Waals surface area contributed by atoms with Gasteiger partial charge in [-0.2, -0.15) is 0 Å². The van der Waals surface area contributed by atoms with E-state index in [9.17, 15) is 14.7 Å². The fraction of sp³-hybridized carbons (Fsp3) is 0.286. The van der Waals surface area contributed by atoms with Crippen molar-refractivity contribution in [1.29, 1.82) is 0 Å². The van der Waals surface area contributed by atoms with E-state index in [2.05, 4.69) is 4.98 Å². The largest absolute Gasteiger partial charge is 0.507 e. The molecule has 0 spiro atoms. The van der Waals surface area contributed by atoms with Crippen molar-refractivity contribution in [2.75, 3.05) is 13.2 Å². The molecule has 6 nitrogen and oxygen atoms in total. The Labute approximate surface area is 168 Å². The van der Waals surface area contributed by atoms with Crippen molar-refractivity contribution < 1.29 is 19.4 Å². The van der Waals surface area contributed by atoms with Gasteiger partial charge in [0.05, 0.1) is 22.9 Å². The zero-order chi connectivity index (χ0) is 20.3. The predicted molar refractivity (Wildman–Crippen MR) is 106 cm³/mol. The van der Waals surface area contributed by atoms with Gasteiger partial charge in [-0.05, 0) is 43.7 Å². The molecule has 1 fully saturated rings. The molecule has 1 aliphatic rings. The highest BCUT2D eigenvalue weighted by atomic mass is 35.5. The van der Waals surface area contributed by atoms with Gasteiger partial charge in [-0.1, -0.05) is 24.6 Å². The van der Waals surface area contributed by atoms with Crippen LogP contribution in [-0.2, 0) is 9.59 Å². The fourth-order valence-electron chi connectivity index (χ4n) is 3.28. The molecule has 2 heterocycles. The standard InChI is InChI=1S/C21H21ClN2O4/c1-3-11-24-18(16-7-5-6-10-23-16)17(20(26)21(24)27)19(25)14-12-13(28-4-2)8-9-15(14)22/h5-10,12,18,25H,3-4,11H2,1-2H3/b19-17+. The van der Waals surface area contributed by atoms with Crippen LogP contribution >= 0.6 is 11.6 Å². The average molecular weight is 401 g/mol. The Morgan fingerprint density at radius 1 is 1.25 bits per heavy atom. The lowest BCUT2D eigenvalue weighted by Gasteiger charge is -2.24. The summed E-state index contributed by atoms with van der Waals surface area (Å²) in [6.07, 6.45) is 2.25. The van der Waals surface area contributed by atoms with Crippen LogP contribution in [-0.4, -0.2) is 39.8 Å². The number of likely N-dealkylation sites (tertiary alicyclic amines) is 1. The maximum absolute atomic E-state index is 12.8. The van der Waals surface area contributed by atoms with Crippen LogP contribution in [0.2, 0.25) is 5.02 Å². The second-order valence-corrected chi connectivity index (χ2v) is 6.73. The summed E-state index contributed by atoms with van der Waals surface area (Å²) in [5, 5.41) is 11.3. The van der Waals surface area contributed by atoms with Crippen molar-refractivity contribution in [2.24, 2.45) is 0 Å². The smallest absolute Gasteiger partial charge is 0.295 e. The van der Waals surface area contributed by atoms with Crippen LogP contribution < -0.4 is 4.74 Å². The predicted octanol–water partition coefficient (Wildman–Crippen LogP) is 3.97. The number of amides is 1. The second-order valence-electron chi connectivity index (χ2n) is 6.32. The number of aromatic nitrogens is 1. The van der Waals surface area contributed by atoms with Crippen LogP contribution in [0.15, 0.2) is 48.2 Å². The normalized spacial score (nSPS) is 18.5. The molecule has 0 bridgehead atoms. The monoisotopic (exact) mass is 400 g/mol. The van der Waals surface area contributed by atoms with Crippen LogP contribution in [0, 0.1) is 0 Å². The lowest BCUT2D eigenvalue weighted by atomic mass is 9.98. The first-order chi connectivity index (χ1) is 13.5. The lowest BCUT2D eigenvalue weighted by Crippen LogP contribution is -2.30. The molecule has 1 saturated heterocycles. The number of nitrogens with zero attached hydrogens (tertiary/aromatic N) is 2. The number of benzene rings is 1. The van der Waals surface area contributed by atoms with E-state index >= 15 is 0 Å². The van der Waals surface area contributed by atoms with Gasteiger partial charge in [0.25, 0.3) is 11.7 Å². The number of carbonyl (C=O) groups is 2. The summed E-state index contributed by atoms with van der Waals surface area (Å²) in [6.45, 7) is 4.56. The Balaban J connectivity index is 2.20. The number of rotatable bonds is 6. The molecule has 3 rings (SSSR count). The van der Waals surface area contributed by atoms with Crippen LogP contribution in [0.3, 0.4) is 0 Å². The van der Waals surface area contributed by atoms with E-state index in [1.807, 2.05) is 13.8 Å². The molecule has 1 aliphatic heterocycles. The molecule has 1 atom stereocenters. The first-order valence-electron chi connectivity index (χ1n) is 9.11. The summed E-state index contributed by atoms with van der Waals surface area (Å²) >= 11 is 6.27. The molecule has 28 heavy (non-hydrogen) atoms. The van der Waals surface area contributed by atoms with E-state index in [0.717, 1.165) is 0 Å². The second kappa shape index (κ2) is 8.44. The Hall–Kier alpha value is -2.86. The summed E-state index contributed by atoms with van der Waals surface area (Å²) in [5.41, 5.74) is 0.726. The number of ether oxygens (including phenoxy) is 1. The highest BCUT2D eigenvalue weighted by Gasteiger charge is 2.46. The molecule has 146 valence electrons. The van der Waals surface area contributed by atoms with Crippen molar-refractivity contribution in [2.45, 2.75) is 26.3 Å². The maximum Gasteiger partial charge on any atom is 0.295 e. The number of Topliss-reactive ketones (excluding diaryl/α,β-unsaturated/α-hetero) is 1. The number of hydrogen-bond acceptors (Lipinski definition) is 5. The highest BCUT2D eigenvalue weighted by Crippen LogP contribution is 2.40. The first-order valence-corrected chi connectivity index (χ1v) is 9.49. The Morgan fingerprint density at radius 3 is 2.68 bits per heavy atom. The molecule has 1 amide bonds. The topological polar surface area (TPSA) is 79.7 Å². The number of pyridine rings is 1. The van der Waals surface area contributed by atoms with Gasteiger partial charge < -0.3 is 14.7 Å². The molecule has 7 heteroatoms. The summed E-state index contributed by atoms with van der Waals surface area (Å²) in [4.78, 5) is 31.2. The molecule has 1 unspecified atom stereocenters. The Morgan fingerprint density at radius 2 is 2.04 bits per heavy atom. The number of aliphatic hydroxyl groups is 1. The molecule has 1 aromatic carbocycles. The molecule has 2 aromatic rings. The third kappa shape index (κ3) is 3.60. The quantitative estimate of drug-likeness (QED) is 0.451. The van der Waals surface area contributed by atoms with Crippen LogP contribution in [0.1, 0.15) is 37.6 Å². The van der Waals surface area contributed by atoms with E-state index < -0.39 is 17.7 Å². The van der Waals surface area contributed by atoms with Gasteiger partial charge in [0, 0.05) is 18.3 Å². The van der Waals surface area contributed by atoms with Gasteiger partial charge >= 0.3 is 0 Å². The minimum absolute atomic E-state index is 0.0206. The minimum Gasteiger partial charge on any atom is -0.507 e. The van der Waals surface area contributed by atoms with Gasteiger partial charge in [-0.25, -0.2) is 0 Å². The van der Waals surface area contributed by atoms with E-state index in [1.165, 1.54) is 4.90 Å². The summed E-state index contributed by atoms with van der Waals surface area (Å²) in [6, 6.07) is 9.30. The van der Waals surface area contributed by atoms with Crippen molar-refractivity contribution >= 4 is 29.1 Å². The summed E-state index contributed by atoms with van der Waals surface area (Å²) in [7, 11) is 0. The van der Waals surface area contributed by atoms with Gasteiger partial charge in [0.15, 0.2) is 0 Å². The fourth-order valence-corrected chi connectivity index (χ4v) is 3.49. The van der Waals surface area contributed by atoms with Gasteiger partial charge in [-0.15, -0.1) is 0 Å². The van der Waals surface area contributed by atoms with Gasteiger partial charge in [0.2, 0.25) is 0 Å². The van der Waals surface area contributed by atoms with E-state index in [1.54, 1.807) is 42.6 Å². The molecule has 0 aliphatic carbocycles. The molecule has 0 radical (unpaired) electrons. The van der Waals surface area contributed by atoms with Crippen molar-refractivity contribution in [3.8, 4) is 5.75 Å². The lowest BCUT2D eigenvalue weighted by molar-refractivity contribution is -0.139. The van der Waals surface area contributed by atoms with E-state index in [-0.39, 0.29) is 21.9 Å². The average Bonchev–Trinajstić information content (AvgIpc) is 2.95. The van der Waals surface area contributed by atoms with Crippen molar-refractivity contribution in [3.05, 3.63) is 64.4 Å². The SMILES string of the molecule is CCCN1C(=O)C(=O)/C(=C(/O)c2cc(OCC)ccc2Cl)C1c1ccccn1. The van der Waals surface area contributed by atoms with E-state index in [4.69, 9.17) is 16.3 Å². The zero-order valence-corrected chi connectivity index (χ0v) is 16.4. The van der Waals surface area contributed by atoms with Gasteiger partial charge in [-0.3, -0.25) is 14.6 Å². The van der Waals surface area contributed by atoms with Crippen molar-refractivity contribution in [3.63, 3.8) is 0 Å². The highest BCUT2D eigenvalue weighted by molar-refractivity contribution is 6.47. The molecule has 0 saturated carbocycles. The summed E-state index contributed by atoms with van der Waals surface area (Å²) < 4.78 is 5.47. The van der Waals surface area contributed by atoms with Crippen LogP contribution in [0.25, 0.3) is 5.76 Å². The third-order valence-corrected chi connectivity index (χ3v) is 4.81. The zero-order valence-electron chi connectivity index (χ0n) is 15.7. The molecular formula is C21H21ClN2O4. The first kappa shape index (κ1) is 19.9. The van der Waals surface area contributed by atoms with Crippen molar-refractivity contribution in [1.82, 2.24) is 9.88 Å². The molecule has 1 aromatic heterocycles. The minimum atomic E-state index is -0.770. The number of hydrogen-bond donors (Lipinski definition) is 1. The number of halogens is 1. The molecule has 1 N–H and O–H groups in total. The van der Waals surface area contributed by atoms with Crippen LogP contribution in [0.4, 0.5) is 0 Å². The van der Waals surface area contributed by atoms with E-state index in [0.29, 0.717) is 31.0 Å². The Bertz CT molecular complexity index is 927. The Kier molecular flexibility index (Phi) is 5.99. The third-order valence-electron chi connectivity index (χ3n) is 4.48. The molecular weight excluding hydrogens is 380 g/mol. The maximum atomic E-state index is 12.8. The van der Waals surface area contributed by atoms with Crippen LogP contribution in [0.5, 0.6) is 5.75 Å². The number of aliphatic hydroxyl groups excluding tert-OH is 1. The summed E-state index contributed by atoms with van der Waals surface area (Å²) in [5.74, 6) is -1.24. The number of carbonyl (C=O) groups excluding carboxylic acids is 2. The number of ketones is 1. The van der Waals surface area contributed by atoms with Gasteiger partial charge in [0.1, 0.15) is 17.6 Å².